The number of hydrazone groups is 1. The van der Waals surface area contributed by atoms with E-state index in [0.29, 0.717) is 11.6 Å². The van der Waals surface area contributed by atoms with E-state index in [2.05, 4.69) is 15.2 Å². The SMILES string of the molecule is Cn1nccc1C1=NN(c2nccs2)C(=O)C1. The second kappa shape index (κ2) is 3.77. The van der Waals surface area contributed by atoms with E-state index in [0.717, 1.165) is 11.4 Å². The molecule has 2 aromatic heterocycles. The maximum Gasteiger partial charge on any atom is 0.255 e. The van der Waals surface area contributed by atoms with Gasteiger partial charge in [-0.3, -0.25) is 9.48 Å². The lowest BCUT2D eigenvalue weighted by atomic mass is 10.2. The standard InChI is InChI=1S/C10H9N5OS/c1-14-8(2-3-12-14)7-6-9(16)15(13-7)10-11-4-5-17-10/h2-5H,6H2,1H3. The van der Waals surface area contributed by atoms with Gasteiger partial charge in [-0.25, -0.2) is 4.98 Å². The molecular weight excluding hydrogens is 238 g/mol. The molecule has 3 heterocycles. The van der Waals surface area contributed by atoms with Crippen LogP contribution in [0.3, 0.4) is 0 Å². The molecule has 0 saturated carbocycles. The number of hydrogen-bond donors (Lipinski definition) is 0. The van der Waals surface area contributed by atoms with Crippen LogP contribution in [-0.4, -0.2) is 26.4 Å². The smallest absolute Gasteiger partial charge is 0.255 e. The quantitative estimate of drug-likeness (QED) is 0.795. The van der Waals surface area contributed by atoms with Gasteiger partial charge in [-0.1, -0.05) is 0 Å². The minimum absolute atomic E-state index is 0.0591. The van der Waals surface area contributed by atoms with E-state index < -0.39 is 0 Å². The van der Waals surface area contributed by atoms with Gasteiger partial charge in [0.2, 0.25) is 5.13 Å². The number of anilines is 1. The zero-order chi connectivity index (χ0) is 11.8. The largest absolute Gasteiger partial charge is 0.272 e. The molecule has 17 heavy (non-hydrogen) atoms. The normalized spacial score (nSPS) is 15.5. The number of rotatable bonds is 2. The molecule has 0 unspecified atom stereocenters. The Balaban J connectivity index is 1.97. The third-order valence-corrected chi connectivity index (χ3v) is 3.24. The lowest BCUT2D eigenvalue weighted by Gasteiger charge is -2.05. The monoisotopic (exact) mass is 247 g/mol. The second-order valence-corrected chi connectivity index (χ2v) is 4.46. The summed E-state index contributed by atoms with van der Waals surface area (Å²) in [7, 11) is 1.83. The van der Waals surface area contributed by atoms with Crippen molar-refractivity contribution in [1.82, 2.24) is 14.8 Å². The Bertz CT molecular complexity index is 586. The van der Waals surface area contributed by atoms with Gasteiger partial charge in [-0.15, -0.1) is 11.3 Å². The highest BCUT2D eigenvalue weighted by Gasteiger charge is 2.28. The molecule has 0 atom stereocenters. The number of amides is 1. The number of nitrogens with zero attached hydrogens (tertiary/aromatic N) is 5. The van der Waals surface area contributed by atoms with Crippen LogP contribution in [0, 0.1) is 0 Å². The number of carbonyl (C=O) groups excluding carboxylic acids is 1. The van der Waals surface area contributed by atoms with Gasteiger partial charge in [0.15, 0.2) is 0 Å². The molecule has 1 aliphatic rings. The molecule has 0 bridgehead atoms. The highest BCUT2D eigenvalue weighted by atomic mass is 32.1. The van der Waals surface area contributed by atoms with Gasteiger partial charge in [0.25, 0.3) is 5.91 Å². The van der Waals surface area contributed by atoms with E-state index in [1.54, 1.807) is 17.1 Å². The van der Waals surface area contributed by atoms with Crippen molar-refractivity contribution in [3.63, 3.8) is 0 Å². The average Bonchev–Trinajstić information content (AvgIpc) is 2.97. The van der Waals surface area contributed by atoms with Crippen LogP contribution in [0.4, 0.5) is 5.13 Å². The molecule has 86 valence electrons. The fraction of sp³-hybridized carbons (Fsp3) is 0.200. The van der Waals surface area contributed by atoms with Crippen LogP contribution in [0.2, 0.25) is 0 Å². The summed E-state index contributed by atoms with van der Waals surface area (Å²) in [6, 6.07) is 1.84. The Kier molecular flexibility index (Phi) is 2.25. The van der Waals surface area contributed by atoms with E-state index >= 15 is 0 Å². The van der Waals surface area contributed by atoms with Crippen molar-refractivity contribution < 1.29 is 4.79 Å². The van der Waals surface area contributed by atoms with Crippen LogP contribution in [0.15, 0.2) is 28.9 Å². The summed E-state index contributed by atoms with van der Waals surface area (Å²) in [6.07, 6.45) is 3.64. The molecule has 0 fully saturated rings. The van der Waals surface area contributed by atoms with Crippen molar-refractivity contribution in [3.05, 3.63) is 29.5 Å². The zero-order valence-corrected chi connectivity index (χ0v) is 9.89. The molecule has 2 aromatic rings. The van der Waals surface area contributed by atoms with Crippen molar-refractivity contribution in [2.75, 3.05) is 5.01 Å². The second-order valence-electron chi connectivity index (χ2n) is 3.58. The molecular formula is C10H9N5OS. The molecule has 1 amide bonds. The van der Waals surface area contributed by atoms with Crippen LogP contribution < -0.4 is 5.01 Å². The number of thiazole rings is 1. The molecule has 0 saturated heterocycles. The minimum atomic E-state index is -0.0591. The molecule has 7 heteroatoms. The lowest BCUT2D eigenvalue weighted by Crippen LogP contribution is -2.19. The predicted molar refractivity (Wildman–Crippen MR) is 64.0 cm³/mol. The summed E-state index contributed by atoms with van der Waals surface area (Å²) < 4.78 is 1.71. The van der Waals surface area contributed by atoms with Gasteiger partial charge < -0.3 is 0 Å². The van der Waals surface area contributed by atoms with E-state index in [1.807, 2.05) is 18.5 Å². The first-order valence-corrected chi connectivity index (χ1v) is 5.92. The predicted octanol–water partition coefficient (Wildman–Crippen LogP) is 1.02. The average molecular weight is 247 g/mol. The molecule has 0 spiro atoms. The Morgan fingerprint density at radius 3 is 2.94 bits per heavy atom. The summed E-state index contributed by atoms with van der Waals surface area (Å²) in [5, 5.41) is 12.1. The van der Waals surface area contributed by atoms with Gasteiger partial charge >= 0.3 is 0 Å². The van der Waals surface area contributed by atoms with Crippen molar-refractivity contribution in [1.29, 1.82) is 0 Å². The summed E-state index contributed by atoms with van der Waals surface area (Å²) >= 11 is 1.39. The molecule has 1 aliphatic heterocycles. The van der Waals surface area contributed by atoms with Gasteiger partial charge in [0.05, 0.1) is 17.8 Å². The van der Waals surface area contributed by atoms with Crippen LogP contribution >= 0.6 is 11.3 Å². The molecule has 0 radical (unpaired) electrons. The zero-order valence-electron chi connectivity index (χ0n) is 9.07. The van der Waals surface area contributed by atoms with Gasteiger partial charge in [0.1, 0.15) is 0 Å². The molecule has 0 aromatic carbocycles. The molecule has 6 nitrogen and oxygen atoms in total. The van der Waals surface area contributed by atoms with Crippen molar-refractivity contribution in [2.24, 2.45) is 12.1 Å². The Hall–Kier alpha value is -2.02. The first-order valence-electron chi connectivity index (χ1n) is 5.04. The van der Waals surface area contributed by atoms with Crippen molar-refractivity contribution >= 4 is 28.1 Å². The van der Waals surface area contributed by atoms with Crippen molar-refractivity contribution in [2.45, 2.75) is 6.42 Å². The summed E-state index contributed by atoms with van der Waals surface area (Å²) in [5.74, 6) is -0.0591. The van der Waals surface area contributed by atoms with Crippen LogP contribution in [0.25, 0.3) is 0 Å². The first kappa shape index (κ1) is 10.2. The molecule has 3 rings (SSSR count). The summed E-state index contributed by atoms with van der Waals surface area (Å²) in [4.78, 5) is 15.9. The van der Waals surface area contributed by atoms with E-state index in [4.69, 9.17) is 0 Å². The maximum absolute atomic E-state index is 11.8. The Labute approximate surface area is 101 Å². The number of hydrogen-bond acceptors (Lipinski definition) is 5. The highest BCUT2D eigenvalue weighted by Crippen LogP contribution is 2.24. The maximum atomic E-state index is 11.8. The van der Waals surface area contributed by atoms with Crippen molar-refractivity contribution in [3.8, 4) is 0 Å². The minimum Gasteiger partial charge on any atom is -0.272 e. The number of aryl methyl sites for hydroxylation is 1. The molecule has 0 N–H and O–H groups in total. The molecule has 0 aliphatic carbocycles. The van der Waals surface area contributed by atoms with Crippen LogP contribution in [0.1, 0.15) is 12.1 Å². The third kappa shape index (κ3) is 1.64. The van der Waals surface area contributed by atoms with E-state index in [-0.39, 0.29) is 5.91 Å². The van der Waals surface area contributed by atoms with E-state index in [9.17, 15) is 4.79 Å². The van der Waals surface area contributed by atoms with Gasteiger partial charge in [-0.2, -0.15) is 15.2 Å². The Morgan fingerprint density at radius 2 is 2.29 bits per heavy atom. The lowest BCUT2D eigenvalue weighted by molar-refractivity contribution is -0.116. The highest BCUT2D eigenvalue weighted by molar-refractivity contribution is 7.13. The third-order valence-electron chi connectivity index (χ3n) is 2.49. The van der Waals surface area contributed by atoms with Crippen LogP contribution in [0.5, 0.6) is 0 Å². The number of carbonyl (C=O) groups is 1. The fourth-order valence-electron chi connectivity index (χ4n) is 1.70. The van der Waals surface area contributed by atoms with Crippen LogP contribution in [-0.2, 0) is 11.8 Å². The Morgan fingerprint density at radius 1 is 1.41 bits per heavy atom. The van der Waals surface area contributed by atoms with E-state index in [1.165, 1.54) is 16.3 Å². The number of aromatic nitrogens is 3. The fourth-order valence-corrected chi connectivity index (χ4v) is 2.31. The van der Waals surface area contributed by atoms with Gasteiger partial charge in [0, 0.05) is 24.8 Å². The topological polar surface area (TPSA) is 63.4 Å². The summed E-state index contributed by atoms with van der Waals surface area (Å²) in [5.41, 5.74) is 1.59. The first-order chi connectivity index (χ1) is 8.25. The summed E-state index contributed by atoms with van der Waals surface area (Å²) in [6.45, 7) is 0. The van der Waals surface area contributed by atoms with Gasteiger partial charge in [-0.05, 0) is 6.07 Å².